The van der Waals surface area contributed by atoms with Gasteiger partial charge >= 0.3 is 5.69 Å². The predicted octanol–water partition coefficient (Wildman–Crippen LogP) is 3.47. The summed E-state index contributed by atoms with van der Waals surface area (Å²) < 4.78 is 1.05. The molecule has 0 radical (unpaired) electrons. The van der Waals surface area contributed by atoms with Gasteiger partial charge in [-0.2, -0.15) is 10.1 Å². The molecule has 6 nitrogen and oxygen atoms in total. The molecule has 0 aliphatic rings. The lowest BCUT2D eigenvalue weighted by atomic mass is 10.1. The van der Waals surface area contributed by atoms with Crippen molar-refractivity contribution in [1.29, 1.82) is 0 Å². The van der Waals surface area contributed by atoms with Gasteiger partial charge in [-0.05, 0) is 32.0 Å². The minimum atomic E-state index is -0.818. The van der Waals surface area contributed by atoms with Gasteiger partial charge in [0.05, 0.1) is 11.9 Å². The molecule has 0 fully saturated rings. The molecule has 1 heterocycles. The number of carbonyl (C=O) groups excluding carboxylic acids is 1. The van der Waals surface area contributed by atoms with E-state index in [9.17, 15) is 9.59 Å². The number of benzene rings is 2. The number of nitrogens with one attached hydrogen (secondary N) is 1. The summed E-state index contributed by atoms with van der Waals surface area (Å²) >= 11 is 5.91. The van der Waals surface area contributed by atoms with Crippen LogP contribution in [0.3, 0.4) is 0 Å². The highest BCUT2D eigenvalue weighted by Crippen LogP contribution is 2.17. The second-order valence-electron chi connectivity index (χ2n) is 5.91. The molecule has 7 heteroatoms. The highest BCUT2D eigenvalue weighted by Gasteiger charge is 2.18. The predicted molar refractivity (Wildman–Crippen MR) is 101 cm³/mol. The minimum absolute atomic E-state index is 0.383. The third-order valence-corrected chi connectivity index (χ3v) is 4.14. The van der Waals surface area contributed by atoms with Crippen molar-refractivity contribution in [2.75, 3.05) is 5.32 Å². The normalized spacial score (nSPS) is 11.8. The molecule has 0 saturated heterocycles. The first kappa shape index (κ1) is 17.8. The highest BCUT2D eigenvalue weighted by molar-refractivity contribution is 6.30. The summed E-state index contributed by atoms with van der Waals surface area (Å²) in [5, 5.41) is 7.33. The van der Waals surface area contributed by atoms with Crippen LogP contribution in [0.1, 0.15) is 18.5 Å². The highest BCUT2D eigenvalue weighted by atomic mass is 35.5. The molecular formula is C19H17ClN4O2. The second kappa shape index (κ2) is 7.49. The number of aryl methyl sites for hydroxylation is 1. The van der Waals surface area contributed by atoms with Gasteiger partial charge in [-0.1, -0.05) is 47.5 Å². The summed E-state index contributed by atoms with van der Waals surface area (Å²) in [5.41, 5.74) is 2.34. The van der Waals surface area contributed by atoms with Crippen LogP contribution in [-0.2, 0) is 4.79 Å². The van der Waals surface area contributed by atoms with Crippen molar-refractivity contribution in [3.05, 3.63) is 75.8 Å². The molecule has 3 rings (SSSR count). The van der Waals surface area contributed by atoms with Gasteiger partial charge in [-0.25, -0.2) is 9.48 Å². The Morgan fingerprint density at radius 3 is 2.58 bits per heavy atom. The van der Waals surface area contributed by atoms with Crippen LogP contribution in [0.15, 0.2) is 59.5 Å². The number of hydrogen-bond donors (Lipinski definition) is 1. The Hall–Kier alpha value is -2.99. The standard InChI is InChI=1S/C19H17ClN4O2/c1-12-6-8-14(9-7-12)17-11-21-24(19(26)23-17)13(2)18(25)22-16-5-3-4-15(20)10-16/h3-11,13H,1-2H3,(H,22,25)/t13-/m1/s1. The quantitative estimate of drug-likeness (QED) is 0.765. The van der Waals surface area contributed by atoms with E-state index in [1.54, 1.807) is 31.2 Å². The van der Waals surface area contributed by atoms with Crippen molar-refractivity contribution >= 4 is 23.2 Å². The Morgan fingerprint density at radius 2 is 1.92 bits per heavy atom. The van der Waals surface area contributed by atoms with Gasteiger partial charge in [-0.15, -0.1) is 0 Å². The molecule has 132 valence electrons. The molecule has 2 aromatic carbocycles. The summed E-state index contributed by atoms with van der Waals surface area (Å²) in [7, 11) is 0. The van der Waals surface area contributed by atoms with Crippen LogP contribution in [0.25, 0.3) is 11.3 Å². The van der Waals surface area contributed by atoms with Crippen molar-refractivity contribution < 1.29 is 4.79 Å². The number of anilines is 1. The van der Waals surface area contributed by atoms with E-state index in [-0.39, 0.29) is 5.91 Å². The first-order chi connectivity index (χ1) is 12.4. The van der Waals surface area contributed by atoms with Crippen molar-refractivity contribution in [2.45, 2.75) is 19.9 Å². The van der Waals surface area contributed by atoms with E-state index in [4.69, 9.17) is 11.6 Å². The maximum absolute atomic E-state index is 12.4. The SMILES string of the molecule is Cc1ccc(-c2cnn([C@H](C)C(=O)Nc3cccc(Cl)c3)c(=O)n2)cc1. The van der Waals surface area contributed by atoms with Gasteiger partial charge in [0.15, 0.2) is 0 Å². The van der Waals surface area contributed by atoms with Crippen molar-refractivity contribution in [1.82, 2.24) is 14.8 Å². The Balaban J connectivity index is 1.81. The molecule has 1 atom stereocenters. The van der Waals surface area contributed by atoms with E-state index in [1.807, 2.05) is 31.2 Å². The minimum Gasteiger partial charge on any atom is -0.324 e. The zero-order valence-corrected chi connectivity index (χ0v) is 15.1. The summed E-state index contributed by atoms with van der Waals surface area (Å²) in [5.74, 6) is -0.383. The number of nitrogens with zero attached hydrogens (tertiary/aromatic N) is 3. The number of hydrogen-bond acceptors (Lipinski definition) is 4. The first-order valence-corrected chi connectivity index (χ1v) is 8.41. The van der Waals surface area contributed by atoms with Crippen LogP contribution in [0.4, 0.5) is 5.69 Å². The molecule has 1 N–H and O–H groups in total. The first-order valence-electron chi connectivity index (χ1n) is 8.03. The Labute approximate surface area is 155 Å². The smallest absolute Gasteiger partial charge is 0.324 e. The monoisotopic (exact) mass is 368 g/mol. The van der Waals surface area contributed by atoms with E-state index in [0.29, 0.717) is 16.4 Å². The lowest BCUT2D eigenvalue weighted by Crippen LogP contribution is -2.34. The van der Waals surface area contributed by atoms with Crippen LogP contribution >= 0.6 is 11.6 Å². The number of carbonyl (C=O) groups is 1. The Bertz CT molecular complexity index is 999. The third kappa shape index (κ3) is 3.97. The topological polar surface area (TPSA) is 76.9 Å². The average Bonchev–Trinajstić information content (AvgIpc) is 2.61. The van der Waals surface area contributed by atoms with Crippen molar-refractivity contribution in [3.63, 3.8) is 0 Å². The lowest BCUT2D eigenvalue weighted by molar-refractivity contribution is -0.119. The van der Waals surface area contributed by atoms with E-state index in [0.717, 1.165) is 15.8 Å². The molecule has 1 amide bonds. The molecule has 0 saturated carbocycles. The van der Waals surface area contributed by atoms with Crippen LogP contribution in [0.2, 0.25) is 5.02 Å². The van der Waals surface area contributed by atoms with Gasteiger partial charge in [0, 0.05) is 16.3 Å². The number of rotatable bonds is 4. The van der Waals surface area contributed by atoms with Gasteiger partial charge in [-0.3, -0.25) is 4.79 Å². The largest absolute Gasteiger partial charge is 0.365 e. The molecule has 0 aliphatic heterocycles. The van der Waals surface area contributed by atoms with Gasteiger partial charge < -0.3 is 5.32 Å². The van der Waals surface area contributed by atoms with E-state index in [2.05, 4.69) is 15.4 Å². The third-order valence-electron chi connectivity index (χ3n) is 3.90. The van der Waals surface area contributed by atoms with E-state index >= 15 is 0 Å². The molecular weight excluding hydrogens is 352 g/mol. The fraction of sp³-hybridized carbons (Fsp3) is 0.158. The second-order valence-corrected chi connectivity index (χ2v) is 6.35. The summed E-state index contributed by atoms with van der Waals surface area (Å²) in [6.45, 7) is 3.56. The van der Waals surface area contributed by atoms with Crippen LogP contribution in [0, 0.1) is 6.92 Å². The molecule has 0 aliphatic carbocycles. The fourth-order valence-corrected chi connectivity index (χ4v) is 2.59. The maximum atomic E-state index is 12.4. The molecule has 0 unspecified atom stereocenters. The van der Waals surface area contributed by atoms with Crippen LogP contribution < -0.4 is 11.0 Å². The molecule has 0 spiro atoms. The number of amides is 1. The van der Waals surface area contributed by atoms with Crippen LogP contribution in [0.5, 0.6) is 0 Å². The molecule has 26 heavy (non-hydrogen) atoms. The van der Waals surface area contributed by atoms with Crippen molar-refractivity contribution in [2.24, 2.45) is 0 Å². The number of halogens is 1. The van der Waals surface area contributed by atoms with Gasteiger partial charge in [0.25, 0.3) is 0 Å². The lowest BCUT2D eigenvalue weighted by Gasteiger charge is -2.14. The number of aromatic nitrogens is 3. The zero-order valence-electron chi connectivity index (χ0n) is 14.3. The average molecular weight is 369 g/mol. The zero-order chi connectivity index (χ0) is 18.7. The van der Waals surface area contributed by atoms with Crippen LogP contribution in [-0.4, -0.2) is 20.7 Å². The van der Waals surface area contributed by atoms with Crippen molar-refractivity contribution in [3.8, 4) is 11.3 Å². The summed E-state index contributed by atoms with van der Waals surface area (Å²) in [6, 6.07) is 13.6. The van der Waals surface area contributed by atoms with E-state index < -0.39 is 11.7 Å². The Kier molecular flexibility index (Phi) is 5.14. The summed E-state index contributed by atoms with van der Waals surface area (Å²) in [6.07, 6.45) is 1.48. The molecule has 1 aromatic heterocycles. The summed E-state index contributed by atoms with van der Waals surface area (Å²) in [4.78, 5) is 28.7. The Morgan fingerprint density at radius 1 is 1.19 bits per heavy atom. The van der Waals surface area contributed by atoms with Gasteiger partial charge in [0.2, 0.25) is 5.91 Å². The maximum Gasteiger partial charge on any atom is 0.365 e. The van der Waals surface area contributed by atoms with Gasteiger partial charge in [0.1, 0.15) is 6.04 Å². The van der Waals surface area contributed by atoms with E-state index in [1.165, 1.54) is 6.20 Å². The molecule has 3 aromatic rings. The molecule has 0 bridgehead atoms. The fourth-order valence-electron chi connectivity index (χ4n) is 2.40.